The maximum absolute atomic E-state index is 12.7. The number of pyridine rings is 1. The van der Waals surface area contributed by atoms with Gasteiger partial charge >= 0.3 is 0 Å². The second kappa shape index (κ2) is 9.93. The van der Waals surface area contributed by atoms with Crippen LogP contribution in [0.3, 0.4) is 0 Å². The fourth-order valence-corrected chi connectivity index (χ4v) is 4.17. The number of aromatic nitrogens is 5. The fourth-order valence-electron chi connectivity index (χ4n) is 3.92. The summed E-state index contributed by atoms with van der Waals surface area (Å²) in [4.78, 5) is 41.7. The molecule has 2 aromatic carbocycles. The summed E-state index contributed by atoms with van der Waals surface area (Å²) in [6.45, 7) is 0. The highest BCUT2D eigenvalue weighted by molar-refractivity contribution is 6.32. The largest absolute Gasteiger partial charge is 0.507 e. The second-order valence-electron chi connectivity index (χ2n) is 8.14. The molecule has 36 heavy (non-hydrogen) atoms. The highest BCUT2D eigenvalue weighted by Gasteiger charge is 2.21. The summed E-state index contributed by atoms with van der Waals surface area (Å²) < 4.78 is 0. The van der Waals surface area contributed by atoms with E-state index in [9.17, 15) is 14.7 Å². The topological polar surface area (TPSA) is 140 Å². The molecular formula is C26H21ClN6O3. The highest BCUT2D eigenvalue weighted by Crippen LogP contribution is 2.32. The van der Waals surface area contributed by atoms with E-state index >= 15 is 0 Å². The Balaban J connectivity index is 1.47. The van der Waals surface area contributed by atoms with Gasteiger partial charge in [0.15, 0.2) is 0 Å². The number of benzene rings is 2. The number of carbonyl (C=O) groups excluding carboxylic acids is 1. The van der Waals surface area contributed by atoms with Gasteiger partial charge in [-0.1, -0.05) is 48.0 Å². The molecule has 3 aromatic heterocycles. The van der Waals surface area contributed by atoms with Gasteiger partial charge in [-0.05, 0) is 30.2 Å². The van der Waals surface area contributed by atoms with Crippen molar-refractivity contribution < 1.29 is 9.90 Å². The van der Waals surface area contributed by atoms with Gasteiger partial charge in [0.05, 0.1) is 23.6 Å². The van der Waals surface area contributed by atoms with Crippen molar-refractivity contribution in [3.8, 4) is 17.0 Å². The lowest BCUT2D eigenvalue weighted by Crippen LogP contribution is -2.29. The molecule has 10 heteroatoms. The number of halogens is 1. The van der Waals surface area contributed by atoms with Crippen LogP contribution >= 0.6 is 11.6 Å². The molecular weight excluding hydrogens is 480 g/mol. The molecule has 0 aliphatic rings. The van der Waals surface area contributed by atoms with Gasteiger partial charge in [-0.3, -0.25) is 9.59 Å². The van der Waals surface area contributed by atoms with E-state index in [0.717, 1.165) is 11.6 Å². The molecule has 0 spiro atoms. The smallest absolute Gasteiger partial charge is 0.252 e. The molecule has 0 radical (unpaired) electrons. The monoisotopic (exact) mass is 500 g/mol. The van der Waals surface area contributed by atoms with Crippen molar-refractivity contribution in [3.63, 3.8) is 0 Å². The second-order valence-corrected chi connectivity index (χ2v) is 8.52. The van der Waals surface area contributed by atoms with Gasteiger partial charge in [0.25, 0.3) is 5.56 Å². The first-order chi connectivity index (χ1) is 17.5. The van der Waals surface area contributed by atoms with Gasteiger partial charge in [0, 0.05) is 29.3 Å². The minimum atomic E-state index is -0.500. The summed E-state index contributed by atoms with van der Waals surface area (Å²) in [5, 5.41) is 14.0. The molecule has 5 aromatic rings. The minimum Gasteiger partial charge on any atom is -0.507 e. The molecule has 0 aliphatic carbocycles. The average Bonchev–Trinajstić information content (AvgIpc) is 3.53. The minimum absolute atomic E-state index is 0.139. The van der Waals surface area contributed by atoms with E-state index in [1.54, 1.807) is 30.5 Å². The first-order valence-electron chi connectivity index (χ1n) is 11.1. The summed E-state index contributed by atoms with van der Waals surface area (Å²) >= 11 is 6.53. The van der Waals surface area contributed by atoms with E-state index in [-0.39, 0.29) is 16.8 Å². The third-order valence-electron chi connectivity index (χ3n) is 5.63. The summed E-state index contributed by atoms with van der Waals surface area (Å²) in [7, 11) is 0. The van der Waals surface area contributed by atoms with E-state index < -0.39 is 11.6 Å². The van der Waals surface area contributed by atoms with Crippen molar-refractivity contribution in [1.82, 2.24) is 30.2 Å². The van der Waals surface area contributed by atoms with Crippen LogP contribution in [0.4, 0.5) is 0 Å². The normalized spacial score (nSPS) is 12.2. The van der Waals surface area contributed by atoms with Crippen LogP contribution in [0, 0.1) is 0 Å². The van der Waals surface area contributed by atoms with Crippen LogP contribution in [0.15, 0.2) is 78.0 Å². The molecule has 5 rings (SSSR count). The Hall–Kier alpha value is -4.63. The molecule has 0 fully saturated rings. The number of H-pyrrole nitrogens is 3. The summed E-state index contributed by atoms with van der Waals surface area (Å²) in [5.74, 6) is 0.0270. The van der Waals surface area contributed by atoms with Crippen molar-refractivity contribution >= 4 is 34.5 Å². The Morgan fingerprint density at radius 2 is 1.97 bits per heavy atom. The highest BCUT2D eigenvalue weighted by atomic mass is 35.5. The van der Waals surface area contributed by atoms with Crippen LogP contribution in [-0.2, 0) is 11.2 Å². The lowest BCUT2D eigenvalue weighted by molar-refractivity contribution is -0.117. The number of hydrogen-bond acceptors (Lipinski definition) is 5. The number of aromatic amines is 3. The summed E-state index contributed by atoms with van der Waals surface area (Å²) in [6, 6.07) is 15.5. The lowest BCUT2D eigenvalue weighted by atomic mass is 10.1. The Morgan fingerprint density at radius 3 is 2.75 bits per heavy atom. The number of imidazole rings is 2. The molecule has 0 aliphatic heterocycles. The lowest BCUT2D eigenvalue weighted by Gasteiger charge is -2.16. The molecule has 1 atom stereocenters. The van der Waals surface area contributed by atoms with Gasteiger partial charge in [-0.15, -0.1) is 0 Å². The SMILES string of the molecule is O=C(/C=C/c1c[nH]cn1)NC(Cc1ccccc1)c1nc(-c2ccc3[nH]c(=O)cc(O)c3c2)c(Cl)[nH]1. The molecule has 3 heterocycles. The number of aromatic hydroxyl groups is 1. The third-order valence-corrected chi connectivity index (χ3v) is 5.90. The van der Waals surface area contributed by atoms with Crippen molar-refractivity contribution in [1.29, 1.82) is 0 Å². The number of nitrogens with zero attached hydrogens (tertiary/aromatic N) is 2. The maximum atomic E-state index is 12.7. The number of nitrogens with one attached hydrogen (secondary N) is 4. The first kappa shape index (κ1) is 23.1. The molecule has 1 unspecified atom stereocenters. The van der Waals surface area contributed by atoms with Gasteiger partial charge < -0.3 is 25.4 Å². The number of carbonyl (C=O) groups is 1. The van der Waals surface area contributed by atoms with Gasteiger partial charge in [-0.2, -0.15) is 0 Å². The molecule has 0 saturated carbocycles. The van der Waals surface area contributed by atoms with Crippen LogP contribution in [-0.4, -0.2) is 35.9 Å². The first-order valence-corrected chi connectivity index (χ1v) is 11.5. The molecule has 0 bridgehead atoms. The molecule has 1 amide bonds. The zero-order chi connectivity index (χ0) is 25.1. The van der Waals surface area contributed by atoms with Crippen molar-refractivity contribution in [3.05, 3.63) is 106 Å². The van der Waals surface area contributed by atoms with E-state index in [2.05, 4.69) is 25.3 Å². The predicted molar refractivity (Wildman–Crippen MR) is 137 cm³/mol. The third kappa shape index (κ3) is 5.06. The Bertz CT molecular complexity index is 1610. The van der Waals surface area contributed by atoms with Gasteiger partial charge in [0.2, 0.25) is 5.91 Å². The summed E-state index contributed by atoms with van der Waals surface area (Å²) in [6.07, 6.45) is 6.71. The van der Waals surface area contributed by atoms with Crippen LogP contribution < -0.4 is 10.9 Å². The zero-order valence-electron chi connectivity index (χ0n) is 18.8. The van der Waals surface area contributed by atoms with Crippen molar-refractivity contribution in [2.75, 3.05) is 0 Å². The van der Waals surface area contributed by atoms with Crippen molar-refractivity contribution in [2.24, 2.45) is 0 Å². The van der Waals surface area contributed by atoms with E-state index in [0.29, 0.717) is 40.1 Å². The van der Waals surface area contributed by atoms with E-state index in [1.165, 1.54) is 12.4 Å². The Kier molecular flexibility index (Phi) is 6.38. The quantitative estimate of drug-likeness (QED) is 0.214. The Labute approximate surface area is 209 Å². The predicted octanol–water partition coefficient (Wildman–Crippen LogP) is 4.11. The van der Waals surface area contributed by atoms with Crippen molar-refractivity contribution in [2.45, 2.75) is 12.5 Å². The summed E-state index contributed by atoms with van der Waals surface area (Å²) in [5.41, 5.74) is 2.84. The van der Waals surface area contributed by atoms with Gasteiger partial charge in [0.1, 0.15) is 22.4 Å². The number of fused-ring (bicyclic) bond motifs is 1. The number of rotatable bonds is 7. The van der Waals surface area contributed by atoms with E-state index in [1.807, 2.05) is 30.3 Å². The zero-order valence-corrected chi connectivity index (χ0v) is 19.6. The fraction of sp³-hybridized carbons (Fsp3) is 0.0769. The van der Waals surface area contributed by atoms with Gasteiger partial charge in [-0.25, -0.2) is 9.97 Å². The van der Waals surface area contributed by atoms with Crippen LogP contribution in [0.2, 0.25) is 5.15 Å². The number of hydrogen-bond donors (Lipinski definition) is 5. The average molecular weight is 501 g/mol. The number of amides is 1. The molecule has 180 valence electrons. The maximum Gasteiger partial charge on any atom is 0.252 e. The molecule has 5 N–H and O–H groups in total. The van der Waals surface area contributed by atoms with Crippen LogP contribution in [0.1, 0.15) is 23.1 Å². The van der Waals surface area contributed by atoms with E-state index in [4.69, 9.17) is 16.6 Å². The van der Waals surface area contributed by atoms with Crippen LogP contribution in [0.25, 0.3) is 28.2 Å². The molecule has 9 nitrogen and oxygen atoms in total. The van der Waals surface area contributed by atoms with Crippen LogP contribution in [0.5, 0.6) is 5.75 Å². The standard InChI is InChI=1S/C26H21ClN6O3/c27-25-24(16-6-8-19-18(11-16)21(34)12-23(36)30-19)32-26(33-25)20(10-15-4-2-1-3-5-15)31-22(35)9-7-17-13-28-14-29-17/h1-9,11-14,20H,10H2,(H,28,29)(H,31,35)(H,32,33)(H2,30,34,36)/b9-7+. The molecule has 0 saturated heterocycles. The Morgan fingerprint density at radius 1 is 1.14 bits per heavy atom.